The largest absolute Gasteiger partial charge is 0.393 e. The van der Waals surface area contributed by atoms with Crippen LogP contribution in [0.2, 0.25) is 0 Å². The van der Waals surface area contributed by atoms with Crippen molar-refractivity contribution in [2.45, 2.75) is 18.2 Å². The van der Waals surface area contributed by atoms with Gasteiger partial charge in [0, 0.05) is 6.42 Å². The smallest absolute Gasteiger partial charge is 0.144 e. The second kappa shape index (κ2) is 2.22. The molecule has 1 radical (unpaired) electrons. The third kappa shape index (κ3) is 1.21. The molecule has 0 aromatic heterocycles. The summed E-state index contributed by atoms with van der Waals surface area (Å²) >= 11 is 0. The van der Waals surface area contributed by atoms with Crippen molar-refractivity contribution in [3.63, 3.8) is 0 Å². The molecular weight excluding hydrogens is 122 g/mol. The predicted molar refractivity (Wildman–Crippen MR) is 30.0 cm³/mol. The van der Waals surface area contributed by atoms with E-state index in [2.05, 4.69) is 0 Å². The van der Waals surface area contributed by atoms with Crippen molar-refractivity contribution >= 4 is 0 Å². The van der Waals surface area contributed by atoms with Gasteiger partial charge in [0.2, 0.25) is 0 Å². The van der Waals surface area contributed by atoms with Crippen LogP contribution in [-0.4, -0.2) is 28.6 Å². The Kier molecular flexibility index (Phi) is 1.72. The first-order valence-corrected chi connectivity index (χ1v) is 2.76. The SMILES string of the molecule is N[C@]1(O)C[CH]O[C@@H]1CO. The molecule has 1 aliphatic rings. The summed E-state index contributed by atoms with van der Waals surface area (Å²) in [5, 5.41) is 17.6. The molecule has 4 heteroatoms. The Morgan fingerprint density at radius 1 is 1.89 bits per heavy atom. The summed E-state index contributed by atoms with van der Waals surface area (Å²) in [4.78, 5) is 0. The molecule has 0 unspecified atom stereocenters. The summed E-state index contributed by atoms with van der Waals surface area (Å²) < 4.78 is 4.77. The van der Waals surface area contributed by atoms with Crippen LogP contribution in [0.1, 0.15) is 6.42 Å². The average molecular weight is 132 g/mol. The number of ether oxygens (including phenoxy) is 1. The number of nitrogens with two attached hydrogens (primary N) is 1. The molecule has 2 atom stereocenters. The zero-order chi connectivity index (χ0) is 6.91. The molecule has 0 aliphatic carbocycles. The minimum absolute atomic E-state index is 0.247. The molecule has 0 bridgehead atoms. The van der Waals surface area contributed by atoms with Crippen molar-refractivity contribution in [3.05, 3.63) is 6.61 Å². The van der Waals surface area contributed by atoms with Crippen molar-refractivity contribution in [2.24, 2.45) is 5.73 Å². The highest BCUT2D eigenvalue weighted by Gasteiger charge is 2.38. The Hall–Kier alpha value is -0.160. The summed E-state index contributed by atoms with van der Waals surface area (Å²) in [5.41, 5.74) is 3.91. The van der Waals surface area contributed by atoms with Crippen molar-refractivity contribution in [1.29, 1.82) is 0 Å². The lowest BCUT2D eigenvalue weighted by atomic mass is 10.1. The topological polar surface area (TPSA) is 75.7 Å². The fourth-order valence-corrected chi connectivity index (χ4v) is 0.748. The van der Waals surface area contributed by atoms with Crippen LogP contribution in [0.15, 0.2) is 0 Å². The molecule has 4 nitrogen and oxygen atoms in total. The standard InChI is InChI=1S/C5H10NO3/c6-5(8)1-2-9-4(5)3-7/h2,4,7-8H,1,3,6H2/t4-,5+/m1/s1. The monoisotopic (exact) mass is 132 g/mol. The van der Waals surface area contributed by atoms with Gasteiger partial charge < -0.3 is 20.7 Å². The number of hydrogen-bond acceptors (Lipinski definition) is 4. The van der Waals surface area contributed by atoms with E-state index in [-0.39, 0.29) is 13.0 Å². The molecule has 1 aliphatic heterocycles. The average Bonchev–Trinajstić information content (AvgIpc) is 2.08. The minimum Gasteiger partial charge on any atom is -0.393 e. The van der Waals surface area contributed by atoms with E-state index < -0.39 is 11.8 Å². The lowest BCUT2D eigenvalue weighted by Gasteiger charge is -2.20. The lowest BCUT2D eigenvalue weighted by Crippen LogP contribution is -2.48. The molecule has 0 aromatic carbocycles. The van der Waals surface area contributed by atoms with Gasteiger partial charge in [-0.25, -0.2) is 0 Å². The van der Waals surface area contributed by atoms with Crippen LogP contribution in [0.4, 0.5) is 0 Å². The van der Waals surface area contributed by atoms with Gasteiger partial charge in [-0.3, -0.25) is 0 Å². The summed E-state index contributed by atoms with van der Waals surface area (Å²) in [6.45, 7) is 1.16. The van der Waals surface area contributed by atoms with Gasteiger partial charge in [0.1, 0.15) is 11.8 Å². The van der Waals surface area contributed by atoms with Crippen LogP contribution in [0.25, 0.3) is 0 Å². The van der Waals surface area contributed by atoms with Gasteiger partial charge in [-0.1, -0.05) is 0 Å². The number of rotatable bonds is 1. The van der Waals surface area contributed by atoms with Gasteiger partial charge in [-0.15, -0.1) is 0 Å². The first-order chi connectivity index (χ1) is 4.17. The van der Waals surface area contributed by atoms with E-state index in [0.29, 0.717) is 0 Å². The van der Waals surface area contributed by atoms with E-state index in [0.717, 1.165) is 0 Å². The number of aliphatic hydroxyl groups is 2. The summed E-state index contributed by atoms with van der Waals surface area (Å²) in [5.74, 6) is 0. The maximum Gasteiger partial charge on any atom is 0.144 e. The third-order valence-corrected chi connectivity index (χ3v) is 1.39. The van der Waals surface area contributed by atoms with E-state index >= 15 is 0 Å². The molecule has 1 fully saturated rings. The molecule has 1 rings (SSSR count). The molecule has 4 N–H and O–H groups in total. The maximum absolute atomic E-state index is 9.12. The van der Waals surface area contributed by atoms with Crippen LogP contribution in [0, 0.1) is 6.61 Å². The van der Waals surface area contributed by atoms with E-state index in [4.69, 9.17) is 20.7 Å². The predicted octanol–water partition coefficient (Wildman–Crippen LogP) is -1.42. The first kappa shape index (κ1) is 6.95. The van der Waals surface area contributed by atoms with Crippen LogP contribution in [0.3, 0.4) is 0 Å². The second-order valence-electron chi connectivity index (χ2n) is 2.17. The highest BCUT2D eigenvalue weighted by Crippen LogP contribution is 2.22. The van der Waals surface area contributed by atoms with Crippen molar-refractivity contribution in [1.82, 2.24) is 0 Å². The molecule has 0 amide bonds. The van der Waals surface area contributed by atoms with Crippen LogP contribution in [0.5, 0.6) is 0 Å². The zero-order valence-corrected chi connectivity index (χ0v) is 4.95. The molecule has 9 heavy (non-hydrogen) atoms. The summed E-state index contributed by atoms with van der Waals surface area (Å²) in [6, 6.07) is 0. The van der Waals surface area contributed by atoms with E-state index in [1.807, 2.05) is 0 Å². The van der Waals surface area contributed by atoms with Gasteiger partial charge >= 0.3 is 0 Å². The minimum atomic E-state index is -1.37. The molecule has 1 saturated heterocycles. The number of aliphatic hydroxyl groups excluding tert-OH is 1. The highest BCUT2D eigenvalue weighted by atomic mass is 16.5. The Balaban J connectivity index is 2.52. The quantitative estimate of drug-likeness (QED) is 0.383. The Morgan fingerprint density at radius 3 is 2.78 bits per heavy atom. The highest BCUT2D eigenvalue weighted by molar-refractivity contribution is 4.90. The van der Waals surface area contributed by atoms with E-state index in [1.54, 1.807) is 0 Å². The van der Waals surface area contributed by atoms with Gasteiger partial charge in [0.25, 0.3) is 0 Å². The normalized spacial score (nSPS) is 43.7. The molecule has 0 saturated carbocycles. The second-order valence-corrected chi connectivity index (χ2v) is 2.17. The number of hydrogen-bond donors (Lipinski definition) is 3. The maximum atomic E-state index is 9.12. The van der Waals surface area contributed by atoms with Crippen LogP contribution in [-0.2, 0) is 4.74 Å². The Bertz CT molecular complexity index is 104. The zero-order valence-electron chi connectivity index (χ0n) is 4.95. The van der Waals surface area contributed by atoms with Gasteiger partial charge in [-0.05, 0) is 0 Å². The van der Waals surface area contributed by atoms with Crippen LogP contribution < -0.4 is 5.73 Å². The molecular formula is C5H10NO3. The molecule has 53 valence electrons. The van der Waals surface area contributed by atoms with Crippen molar-refractivity contribution < 1.29 is 14.9 Å². The van der Waals surface area contributed by atoms with Gasteiger partial charge in [-0.2, -0.15) is 0 Å². The van der Waals surface area contributed by atoms with E-state index in [1.165, 1.54) is 6.61 Å². The lowest BCUT2D eigenvalue weighted by molar-refractivity contribution is -0.0523. The van der Waals surface area contributed by atoms with E-state index in [9.17, 15) is 0 Å². The summed E-state index contributed by atoms with van der Waals surface area (Å²) in [7, 11) is 0. The van der Waals surface area contributed by atoms with Crippen molar-refractivity contribution in [3.8, 4) is 0 Å². The molecule has 0 spiro atoms. The van der Waals surface area contributed by atoms with Gasteiger partial charge in [0.05, 0.1) is 13.2 Å². The summed E-state index contributed by atoms with van der Waals surface area (Å²) in [6.07, 6.45) is -0.379. The third-order valence-electron chi connectivity index (χ3n) is 1.39. The van der Waals surface area contributed by atoms with Gasteiger partial charge in [0.15, 0.2) is 0 Å². The Morgan fingerprint density at radius 2 is 2.56 bits per heavy atom. The molecule has 1 heterocycles. The Labute approximate surface area is 53.2 Å². The fourth-order valence-electron chi connectivity index (χ4n) is 0.748. The fraction of sp³-hybridized carbons (Fsp3) is 0.800. The first-order valence-electron chi connectivity index (χ1n) is 2.76. The van der Waals surface area contributed by atoms with Crippen molar-refractivity contribution in [2.75, 3.05) is 6.61 Å². The van der Waals surface area contributed by atoms with Crippen LogP contribution >= 0.6 is 0 Å². The molecule has 0 aromatic rings.